The maximum Gasteiger partial charge on any atom is 0.264 e. The van der Waals surface area contributed by atoms with Crippen LogP contribution in [0.3, 0.4) is 0 Å². The molecule has 3 aromatic rings. The van der Waals surface area contributed by atoms with Gasteiger partial charge in [0.05, 0.1) is 17.7 Å². The molecule has 208 valence electrons. The maximum absolute atomic E-state index is 13.9. The third kappa shape index (κ3) is 7.88. The van der Waals surface area contributed by atoms with Crippen LogP contribution >= 0.6 is 23.2 Å². The Balaban J connectivity index is 2.01. The van der Waals surface area contributed by atoms with Crippen LogP contribution in [-0.2, 0) is 26.2 Å². The van der Waals surface area contributed by atoms with Gasteiger partial charge in [0.25, 0.3) is 10.0 Å². The molecule has 0 unspecified atom stereocenters. The quantitative estimate of drug-likeness (QED) is 0.314. The molecule has 0 bridgehead atoms. The van der Waals surface area contributed by atoms with Crippen molar-refractivity contribution in [2.75, 3.05) is 24.5 Å². The predicted molar refractivity (Wildman–Crippen MR) is 154 cm³/mol. The van der Waals surface area contributed by atoms with Crippen LogP contribution in [0.25, 0.3) is 0 Å². The minimum absolute atomic E-state index is 0.0462. The molecule has 8 nitrogen and oxygen atoms in total. The second-order valence-corrected chi connectivity index (χ2v) is 11.5. The number of nitrogens with one attached hydrogen (secondary N) is 1. The molecule has 39 heavy (non-hydrogen) atoms. The van der Waals surface area contributed by atoms with Gasteiger partial charge in [-0.15, -0.1) is 0 Å². The van der Waals surface area contributed by atoms with Gasteiger partial charge >= 0.3 is 0 Å². The van der Waals surface area contributed by atoms with E-state index in [4.69, 9.17) is 27.9 Å². The lowest BCUT2D eigenvalue weighted by Crippen LogP contribution is -2.51. The van der Waals surface area contributed by atoms with E-state index in [9.17, 15) is 18.0 Å². The molecule has 0 radical (unpaired) electrons. The van der Waals surface area contributed by atoms with E-state index in [1.165, 1.54) is 35.2 Å². The third-order valence-corrected chi connectivity index (χ3v) is 8.28. The fraction of sp³-hybridized carbons (Fsp3) is 0.286. The SMILES string of the molecule is CCCNC(=O)[C@H](C)N(Cc1ccc(OC)cc1)C(=O)CN(c1cccc(Cl)c1)S(=O)(=O)c1ccc(Cl)cc1. The Labute approximate surface area is 239 Å². The average Bonchev–Trinajstić information content (AvgIpc) is 2.93. The molecule has 11 heteroatoms. The van der Waals surface area contributed by atoms with Crippen molar-refractivity contribution in [1.29, 1.82) is 0 Å². The van der Waals surface area contributed by atoms with E-state index in [2.05, 4.69) is 5.32 Å². The summed E-state index contributed by atoms with van der Waals surface area (Å²) in [6.45, 7) is 3.51. The van der Waals surface area contributed by atoms with Gasteiger partial charge in [-0.2, -0.15) is 0 Å². The Hall–Kier alpha value is -3.27. The molecule has 0 aliphatic heterocycles. The number of anilines is 1. The summed E-state index contributed by atoms with van der Waals surface area (Å²) in [6, 6.07) is 18.1. The number of nitrogens with zero attached hydrogens (tertiary/aromatic N) is 2. The highest BCUT2D eigenvalue weighted by Gasteiger charge is 2.32. The second kappa shape index (κ2) is 13.7. The highest BCUT2D eigenvalue weighted by atomic mass is 35.5. The number of hydrogen-bond acceptors (Lipinski definition) is 5. The van der Waals surface area contributed by atoms with E-state index in [1.54, 1.807) is 56.5 Å². The first-order valence-electron chi connectivity index (χ1n) is 12.3. The van der Waals surface area contributed by atoms with Crippen molar-refractivity contribution >= 4 is 50.7 Å². The number of carbonyl (C=O) groups is 2. The van der Waals surface area contributed by atoms with E-state index >= 15 is 0 Å². The van der Waals surface area contributed by atoms with Crippen LogP contribution in [0.4, 0.5) is 5.69 Å². The van der Waals surface area contributed by atoms with Crippen molar-refractivity contribution in [1.82, 2.24) is 10.2 Å². The summed E-state index contributed by atoms with van der Waals surface area (Å²) >= 11 is 12.1. The van der Waals surface area contributed by atoms with Crippen LogP contribution in [0.5, 0.6) is 5.75 Å². The van der Waals surface area contributed by atoms with Crippen molar-refractivity contribution in [3.8, 4) is 5.75 Å². The first-order chi connectivity index (χ1) is 18.6. The fourth-order valence-corrected chi connectivity index (χ4v) is 5.52. The van der Waals surface area contributed by atoms with Crippen LogP contribution < -0.4 is 14.4 Å². The minimum Gasteiger partial charge on any atom is -0.497 e. The normalized spacial score (nSPS) is 11.9. The molecule has 1 N–H and O–H groups in total. The predicted octanol–water partition coefficient (Wildman–Crippen LogP) is 5.14. The van der Waals surface area contributed by atoms with Gasteiger partial charge in [-0.05, 0) is 73.5 Å². The smallest absolute Gasteiger partial charge is 0.264 e. The lowest BCUT2D eigenvalue weighted by atomic mass is 10.1. The van der Waals surface area contributed by atoms with Crippen LogP contribution in [-0.4, -0.2) is 51.4 Å². The Kier molecular flexibility index (Phi) is 10.6. The molecule has 0 saturated heterocycles. The number of sulfonamides is 1. The number of benzene rings is 3. The monoisotopic (exact) mass is 591 g/mol. The molecule has 3 aromatic carbocycles. The molecule has 0 aromatic heterocycles. The molecule has 2 amide bonds. The van der Waals surface area contributed by atoms with E-state index in [-0.39, 0.29) is 23.0 Å². The largest absolute Gasteiger partial charge is 0.497 e. The Morgan fingerprint density at radius 2 is 1.64 bits per heavy atom. The highest BCUT2D eigenvalue weighted by molar-refractivity contribution is 7.92. The van der Waals surface area contributed by atoms with Crippen molar-refractivity contribution in [3.05, 3.63) is 88.4 Å². The van der Waals surface area contributed by atoms with Gasteiger partial charge in [0.1, 0.15) is 18.3 Å². The second-order valence-electron chi connectivity index (χ2n) is 8.78. The summed E-state index contributed by atoms with van der Waals surface area (Å²) in [6.07, 6.45) is 0.729. The number of amides is 2. The van der Waals surface area contributed by atoms with Gasteiger partial charge in [0.15, 0.2) is 0 Å². The van der Waals surface area contributed by atoms with Crippen LogP contribution in [0.2, 0.25) is 10.0 Å². The summed E-state index contributed by atoms with van der Waals surface area (Å²) in [5.74, 6) is -0.261. The maximum atomic E-state index is 13.9. The van der Waals surface area contributed by atoms with Gasteiger partial charge in [-0.3, -0.25) is 13.9 Å². The molecule has 1 atom stereocenters. The van der Waals surface area contributed by atoms with E-state index in [0.717, 1.165) is 16.3 Å². The zero-order chi connectivity index (χ0) is 28.6. The molecular formula is C28H31Cl2N3O5S. The summed E-state index contributed by atoms with van der Waals surface area (Å²) in [5, 5.41) is 3.49. The average molecular weight is 593 g/mol. The van der Waals surface area contributed by atoms with Crippen LogP contribution in [0.15, 0.2) is 77.7 Å². The summed E-state index contributed by atoms with van der Waals surface area (Å²) in [7, 11) is -2.65. The molecule has 0 aliphatic rings. The minimum atomic E-state index is -4.21. The topological polar surface area (TPSA) is 96.0 Å². The Bertz CT molecular complexity index is 1380. The fourth-order valence-electron chi connectivity index (χ4n) is 3.80. The standard InChI is InChI=1S/C28H31Cl2N3O5S/c1-4-16-31-28(35)20(2)32(18-21-8-12-25(38-3)13-9-21)27(34)19-33(24-7-5-6-23(30)17-24)39(36,37)26-14-10-22(29)11-15-26/h5-15,17,20H,4,16,18-19H2,1-3H3,(H,31,35)/t20-/m0/s1. The lowest BCUT2D eigenvalue weighted by molar-refractivity contribution is -0.139. The molecule has 0 aliphatic carbocycles. The van der Waals surface area contributed by atoms with Crippen molar-refractivity contribution in [2.24, 2.45) is 0 Å². The van der Waals surface area contributed by atoms with E-state index in [1.807, 2.05) is 6.92 Å². The molecule has 0 fully saturated rings. The highest BCUT2D eigenvalue weighted by Crippen LogP contribution is 2.27. The van der Waals surface area contributed by atoms with Gasteiger partial charge in [0, 0.05) is 23.1 Å². The molecule has 3 rings (SSSR count). The number of rotatable bonds is 12. The van der Waals surface area contributed by atoms with Crippen molar-refractivity contribution in [2.45, 2.75) is 37.8 Å². The number of methoxy groups -OCH3 is 1. The van der Waals surface area contributed by atoms with Crippen molar-refractivity contribution < 1.29 is 22.7 Å². The van der Waals surface area contributed by atoms with Gasteiger partial charge in [-0.25, -0.2) is 8.42 Å². The van der Waals surface area contributed by atoms with Crippen molar-refractivity contribution in [3.63, 3.8) is 0 Å². The first-order valence-corrected chi connectivity index (χ1v) is 14.5. The lowest BCUT2D eigenvalue weighted by Gasteiger charge is -2.32. The third-order valence-electron chi connectivity index (χ3n) is 6.01. The van der Waals surface area contributed by atoms with Crippen LogP contribution in [0, 0.1) is 0 Å². The number of carbonyl (C=O) groups excluding carboxylic acids is 2. The summed E-state index contributed by atoms with van der Waals surface area (Å²) in [4.78, 5) is 28.1. The number of ether oxygens (including phenoxy) is 1. The van der Waals surface area contributed by atoms with E-state index < -0.39 is 28.5 Å². The summed E-state index contributed by atoms with van der Waals surface area (Å²) < 4.78 is 33.7. The number of hydrogen-bond donors (Lipinski definition) is 1. The zero-order valence-corrected chi connectivity index (χ0v) is 24.3. The zero-order valence-electron chi connectivity index (χ0n) is 21.9. The van der Waals surface area contributed by atoms with Gasteiger partial charge in [-0.1, -0.05) is 48.3 Å². The number of halogens is 2. The Morgan fingerprint density at radius 3 is 2.23 bits per heavy atom. The Morgan fingerprint density at radius 1 is 0.974 bits per heavy atom. The molecule has 0 heterocycles. The van der Waals surface area contributed by atoms with Gasteiger partial charge < -0.3 is 15.0 Å². The molecule has 0 saturated carbocycles. The first kappa shape index (κ1) is 30.3. The van der Waals surface area contributed by atoms with Crippen LogP contribution in [0.1, 0.15) is 25.8 Å². The molecular weight excluding hydrogens is 561 g/mol. The molecule has 0 spiro atoms. The van der Waals surface area contributed by atoms with Gasteiger partial charge in [0.2, 0.25) is 11.8 Å². The summed E-state index contributed by atoms with van der Waals surface area (Å²) in [5.41, 5.74) is 0.951. The van der Waals surface area contributed by atoms with E-state index in [0.29, 0.717) is 22.3 Å².